The van der Waals surface area contributed by atoms with Crippen LogP contribution in [0.3, 0.4) is 0 Å². The van der Waals surface area contributed by atoms with Gasteiger partial charge in [0, 0.05) is 6.61 Å². The first-order valence-electron chi connectivity index (χ1n) is 12.7. The van der Waals surface area contributed by atoms with Crippen LogP contribution in [-0.2, 0) is 4.74 Å². The minimum atomic E-state index is -0.0300. The number of ether oxygens (including phenoxy) is 1. The van der Waals surface area contributed by atoms with Crippen LogP contribution in [0.15, 0.2) is 0 Å². The molecule has 27 heavy (non-hydrogen) atoms. The van der Waals surface area contributed by atoms with Crippen LogP contribution in [0.5, 0.6) is 0 Å². The zero-order chi connectivity index (χ0) is 19.8. The number of hydrogen-bond acceptors (Lipinski definition) is 2. The second-order valence-electron chi connectivity index (χ2n) is 8.56. The highest BCUT2D eigenvalue weighted by Gasteiger charge is 2.02. The summed E-state index contributed by atoms with van der Waals surface area (Å²) in [5.41, 5.74) is 6.08. The van der Waals surface area contributed by atoms with Crippen LogP contribution in [0.4, 0.5) is 0 Å². The number of rotatable bonds is 23. The van der Waals surface area contributed by atoms with Crippen LogP contribution >= 0.6 is 0 Å². The fourth-order valence-corrected chi connectivity index (χ4v) is 3.74. The summed E-state index contributed by atoms with van der Waals surface area (Å²) in [4.78, 5) is 0. The van der Waals surface area contributed by atoms with E-state index in [0.717, 1.165) is 13.0 Å². The Hall–Kier alpha value is -0.0800. The Morgan fingerprint density at radius 3 is 1.22 bits per heavy atom. The van der Waals surface area contributed by atoms with Gasteiger partial charge in [0.2, 0.25) is 0 Å². The van der Waals surface area contributed by atoms with Crippen LogP contribution in [-0.4, -0.2) is 12.8 Å². The van der Waals surface area contributed by atoms with Gasteiger partial charge in [0.15, 0.2) is 0 Å². The van der Waals surface area contributed by atoms with Crippen LogP contribution < -0.4 is 5.73 Å². The molecule has 0 saturated carbocycles. The monoisotopic (exact) mass is 383 g/mol. The van der Waals surface area contributed by atoms with Crippen molar-refractivity contribution in [3.8, 4) is 0 Å². The van der Waals surface area contributed by atoms with E-state index < -0.39 is 0 Å². The Balaban J connectivity index is 3.12. The molecule has 0 radical (unpaired) electrons. The molecular weight excluding hydrogens is 330 g/mol. The molecule has 0 aliphatic heterocycles. The first-order valence-corrected chi connectivity index (χ1v) is 12.7. The topological polar surface area (TPSA) is 35.2 Å². The average Bonchev–Trinajstić information content (AvgIpc) is 2.67. The lowest BCUT2D eigenvalue weighted by Crippen LogP contribution is -2.24. The van der Waals surface area contributed by atoms with Crippen molar-refractivity contribution in [1.29, 1.82) is 0 Å². The van der Waals surface area contributed by atoms with E-state index in [1.807, 2.05) is 0 Å². The maximum atomic E-state index is 6.08. The molecule has 0 saturated heterocycles. The zero-order valence-corrected chi connectivity index (χ0v) is 19.1. The highest BCUT2D eigenvalue weighted by molar-refractivity contribution is 4.53. The van der Waals surface area contributed by atoms with Crippen molar-refractivity contribution >= 4 is 0 Å². The smallest absolute Gasteiger partial charge is 0.105 e. The zero-order valence-electron chi connectivity index (χ0n) is 19.1. The number of hydrogen-bond donors (Lipinski definition) is 1. The molecule has 0 aromatic carbocycles. The van der Waals surface area contributed by atoms with Crippen LogP contribution in [0.2, 0.25) is 0 Å². The van der Waals surface area contributed by atoms with Gasteiger partial charge in [0.1, 0.15) is 6.23 Å². The predicted octanol–water partition coefficient (Wildman–Crippen LogP) is 8.52. The Morgan fingerprint density at radius 2 is 0.815 bits per heavy atom. The molecule has 0 spiro atoms. The molecule has 164 valence electrons. The maximum absolute atomic E-state index is 6.08. The molecule has 2 heteroatoms. The molecule has 0 heterocycles. The third-order valence-electron chi connectivity index (χ3n) is 5.67. The van der Waals surface area contributed by atoms with Gasteiger partial charge in [-0.3, -0.25) is 0 Å². The lowest BCUT2D eigenvalue weighted by molar-refractivity contribution is 0.0475. The van der Waals surface area contributed by atoms with Gasteiger partial charge >= 0.3 is 0 Å². The first kappa shape index (κ1) is 26.9. The van der Waals surface area contributed by atoms with E-state index in [9.17, 15) is 0 Å². The van der Waals surface area contributed by atoms with E-state index in [0.29, 0.717) is 0 Å². The van der Waals surface area contributed by atoms with Gasteiger partial charge in [0.05, 0.1) is 0 Å². The fourth-order valence-electron chi connectivity index (χ4n) is 3.74. The standard InChI is InChI=1S/C25H53NO/c1-3-5-7-9-11-13-14-15-17-19-21-23-25(26)27-24-22-20-18-16-12-10-8-6-4-2/h25H,3-24,26H2,1-2H3. The van der Waals surface area contributed by atoms with Gasteiger partial charge in [-0.05, 0) is 19.3 Å². The summed E-state index contributed by atoms with van der Waals surface area (Å²) in [6.07, 6.45) is 28.6. The molecule has 0 amide bonds. The van der Waals surface area contributed by atoms with Gasteiger partial charge in [-0.2, -0.15) is 0 Å². The van der Waals surface area contributed by atoms with Gasteiger partial charge < -0.3 is 10.5 Å². The molecule has 0 aromatic rings. The number of unbranched alkanes of at least 4 members (excludes halogenated alkanes) is 18. The second kappa shape index (κ2) is 24.0. The summed E-state index contributed by atoms with van der Waals surface area (Å²) in [5, 5.41) is 0. The van der Waals surface area contributed by atoms with Crippen molar-refractivity contribution in [2.45, 2.75) is 155 Å². The summed E-state index contributed by atoms with van der Waals surface area (Å²) < 4.78 is 5.77. The van der Waals surface area contributed by atoms with E-state index in [4.69, 9.17) is 10.5 Å². The van der Waals surface area contributed by atoms with E-state index in [-0.39, 0.29) is 6.23 Å². The largest absolute Gasteiger partial charge is 0.364 e. The summed E-state index contributed by atoms with van der Waals surface area (Å²) in [6, 6.07) is 0. The summed E-state index contributed by atoms with van der Waals surface area (Å²) in [7, 11) is 0. The Morgan fingerprint density at radius 1 is 0.481 bits per heavy atom. The quantitative estimate of drug-likeness (QED) is 0.142. The van der Waals surface area contributed by atoms with E-state index in [2.05, 4.69) is 13.8 Å². The maximum Gasteiger partial charge on any atom is 0.105 e. The third kappa shape index (κ3) is 23.9. The molecule has 1 unspecified atom stereocenters. The summed E-state index contributed by atoms with van der Waals surface area (Å²) >= 11 is 0. The minimum absolute atomic E-state index is 0.0300. The molecule has 2 nitrogen and oxygen atoms in total. The van der Waals surface area contributed by atoms with Crippen LogP contribution in [0.25, 0.3) is 0 Å². The molecule has 0 aliphatic carbocycles. The van der Waals surface area contributed by atoms with Crippen molar-refractivity contribution in [2.75, 3.05) is 6.61 Å². The molecule has 0 aliphatic rings. The lowest BCUT2D eigenvalue weighted by atomic mass is 10.1. The van der Waals surface area contributed by atoms with Crippen molar-refractivity contribution in [2.24, 2.45) is 5.73 Å². The Labute approximate surface area is 172 Å². The average molecular weight is 384 g/mol. The molecule has 2 N–H and O–H groups in total. The molecule has 0 aromatic heterocycles. The highest BCUT2D eigenvalue weighted by Crippen LogP contribution is 2.13. The lowest BCUT2D eigenvalue weighted by Gasteiger charge is -2.13. The van der Waals surface area contributed by atoms with E-state index in [1.165, 1.54) is 128 Å². The Bertz CT molecular complexity index is 257. The van der Waals surface area contributed by atoms with Crippen molar-refractivity contribution in [1.82, 2.24) is 0 Å². The minimum Gasteiger partial charge on any atom is -0.364 e. The van der Waals surface area contributed by atoms with Crippen molar-refractivity contribution in [3.05, 3.63) is 0 Å². The molecular formula is C25H53NO. The number of nitrogens with two attached hydrogens (primary N) is 1. The fraction of sp³-hybridized carbons (Fsp3) is 1.00. The molecule has 0 bridgehead atoms. The third-order valence-corrected chi connectivity index (χ3v) is 5.67. The normalized spacial score (nSPS) is 12.6. The van der Waals surface area contributed by atoms with Crippen molar-refractivity contribution < 1.29 is 4.74 Å². The summed E-state index contributed by atoms with van der Waals surface area (Å²) in [5.74, 6) is 0. The van der Waals surface area contributed by atoms with Gasteiger partial charge in [-0.1, -0.05) is 129 Å². The highest BCUT2D eigenvalue weighted by atomic mass is 16.5. The van der Waals surface area contributed by atoms with Crippen LogP contribution in [0, 0.1) is 0 Å². The summed E-state index contributed by atoms with van der Waals surface area (Å²) in [6.45, 7) is 5.42. The van der Waals surface area contributed by atoms with Crippen LogP contribution in [0.1, 0.15) is 149 Å². The molecule has 0 fully saturated rings. The SMILES string of the molecule is CCCCCCCCCCCCCC(N)OCCCCCCCCCCC. The van der Waals surface area contributed by atoms with E-state index >= 15 is 0 Å². The second-order valence-corrected chi connectivity index (χ2v) is 8.56. The van der Waals surface area contributed by atoms with Gasteiger partial charge in [0.25, 0.3) is 0 Å². The van der Waals surface area contributed by atoms with Gasteiger partial charge in [-0.15, -0.1) is 0 Å². The Kier molecular flexibility index (Phi) is 23.9. The first-order chi connectivity index (χ1) is 13.3. The van der Waals surface area contributed by atoms with E-state index in [1.54, 1.807) is 0 Å². The predicted molar refractivity (Wildman–Crippen MR) is 122 cm³/mol. The van der Waals surface area contributed by atoms with Gasteiger partial charge in [-0.25, -0.2) is 0 Å². The van der Waals surface area contributed by atoms with Crippen molar-refractivity contribution in [3.63, 3.8) is 0 Å². The molecule has 1 atom stereocenters. The molecule has 0 rings (SSSR count).